The first-order valence-electron chi connectivity index (χ1n) is 7.61. The lowest BCUT2D eigenvalue weighted by Crippen LogP contribution is -2.25. The lowest BCUT2D eigenvalue weighted by molar-refractivity contribution is 0.622. The molecule has 1 fully saturated rings. The lowest BCUT2D eigenvalue weighted by Gasteiger charge is -2.29. The Balaban J connectivity index is 1.76. The summed E-state index contributed by atoms with van der Waals surface area (Å²) in [6.45, 7) is 0. The van der Waals surface area contributed by atoms with Crippen molar-refractivity contribution in [2.45, 2.75) is 43.9 Å². The normalized spacial score (nSPS) is 21.1. The highest BCUT2D eigenvalue weighted by Crippen LogP contribution is 2.40. The number of halogens is 1. The number of rotatable bonds is 2. The molecule has 0 bridgehead atoms. The first-order valence-corrected chi connectivity index (χ1v) is 8.40. The number of hydrogen-bond donors (Lipinski definition) is 1. The van der Waals surface area contributed by atoms with E-state index in [2.05, 4.69) is 45.2 Å². The van der Waals surface area contributed by atoms with E-state index in [1.807, 2.05) is 0 Å². The van der Waals surface area contributed by atoms with Crippen LogP contribution in [0.4, 0.5) is 0 Å². The summed E-state index contributed by atoms with van der Waals surface area (Å²) in [5.74, 6) is 1.53. The molecule has 2 aromatic rings. The average molecular weight is 345 g/mol. The third-order valence-electron chi connectivity index (χ3n) is 4.83. The summed E-state index contributed by atoms with van der Waals surface area (Å²) in [7, 11) is 0. The highest BCUT2D eigenvalue weighted by atomic mass is 79.9. The molecular formula is C17H17BrN2O. The number of H-pyrrole nitrogens is 1. The fraction of sp³-hybridized carbons (Fsp3) is 0.412. The van der Waals surface area contributed by atoms with Gasteiger partial charge in [-0.15, -0.1) is 0 Å². The highest BCUT2D eigenvalue weighted by molar-refractivity contribution is 9.10. The van der Waals surface area contributed by atoms with Gasteiger partial charge in [0.1, 0.15) is 10.3 Å². The number of aromatic amines is 1. The average Bonchev–Trinajstić information content (AvgIpc) is 2.98. The molecule has 1 unspecified atom stereocenters. The van der Waals surface area contributed by atoms with Crippen molar-refractivity contribution < 1.29 is 0 Å². The summed E-state index contributed by atoms with van der Waals surface area (Å²) in [6.07, 6.45) is 5.76. The maximum atomic E-state index is 12.2. The van der Waals surface area contributed by atoms with Gasteiger partial charge in [-0.25, -0.2) is 4.98 Å². The lowest BCUT2D eigenvalue weighted by atomic mass is 9.77. The van der Waals surface area contributed by atoms with E-state index in [1.54, 1.807) is 0 Å². The minimum Gasteiger partial charge on any atom is -0.309 e. The quantitative estimate of drug-likeness (QED) is 0.898. The van der Waals surface area contributed by atoms with E-state index in [0.29, 0.717) is 10.4 Å². The maximum absolute atomic E-state index is 12.2. The molecule has 0 aliphatic heterocycles. The van der Waals surface area contributed by atoms with Crippen LogP contribution in [0.1, 0.15) is 60.2 Å². The Morgan fingerprint density at radius 1 is 1.19 bits per heavy atom. The van der Waals surface area contributed by atoms with Gasteiger partial charge in [0.05, 0.1) is 5.69 Å². The summed E-state index contributed by atoms with van der Waals surface area (Å²) in [4.78, 5) is 20.0. The van der Waals surface area contributed by atoms with Gasteiger partial charge < -0.3 is 4.98 Å². The molecule has 21 heavy (non-hydrogen) atoms. The Hall–Kier alpha value is -1.42. The van der Waals surface area contributed by atoms with Crippen molar-refractivity contribution >= 4 is 15.9 Å². The Labute approximate surface area is 131 Å². The van der Waals surface area contributed by atoms with Crippen LogP contribution in [-0.4, -0.2) is 9.97 Å². The minimum absolute atomic E-state index is 0.0359. The van der Waals surface area contributed by atoms with Crippen LogP contribution in [0.5, 0.6) is 0 Å². The van der Waals surface area contributed by atoms with Gasteiger partial charge in [0, 0.05) is 11.8 Å². The van der Waals surface area contributed by atoms with Crippen molar-refractivity contribution in [3.8, 4) is 0 Å². The zero-order valence-electron chi connectivity index (χ0n) is 11.7. The SMILES string of the molecule is O=c1[nH]c(C2Cc3ccccc32)nc(C2CCCC2)c1Br. The molecule has 0 radical (unpaired) electrons. The van der Waals surface area contributed by atoms with Crippen LogP contribution in [0.3, 0.4) is 0 Å². The molecule has 1 saturated carbocycles. The number of nitrogens with zero attached hydrogens (tertiary/aromatic N) is 1. The van der Waals surface area contributed by atoms with Crippen LogP contribution < -0.4 is 5.56 Å². The second kappa shape index (κ2) is 5.09. The molecule has 1 heterocycles. The molecule has 1 N–H and O–H groups in total. The summed E-state index contributed by atoms with van der Waals surface area (Å²) in [6, 6.07) is 8.41. The molecule has 1 atom stereocenters. The summed E-state index contributed by atoms with van der Waals surface area (Å²) in [5.41, 5.74) is 3.61. The van der Waals surface area contributed by atoms with E-state index in [-0.39, 0.29) is 11.5 Å². The standard InChI is InChI=1S/C17H17BrN2O/c18-14-15(10-5-1-2-6-10)19-16(20-17(14)21)13-9-11-7-3-4-8-12(11)13/h3-4,7-8,10,13H,1-2,5-6,9H2,(H,19,20,21). The Bertz CT molecular complexity index is 747. The smallest absolute Gasteiger partial charge is 0.265 e. The molecule has 4 heteroatoms. The second-order valence-electron chi connectivity index (χ2n) is 6.09. The fourth-order valence-electron chi connectivity index (χ4n) is 3.63. The largest absolute Gasteiger partial charge is 0.309 e. The van der Waals surface area contributed by atoms with Gasteiger partial charge in [-0.2, -0.15) is 0 Å². The molecule has 4 rings (SSSR count). The van der Waals surface area contributed by atoms with Crippen molar-refractivity contribution in [1.82, 2.24) is 9.97 Å². The highest BCUT2D eigenvalue weighted by Gasteiger charge is 2.31. The Kier molecular flexibility index (Phi) is 3.21. The van der Waals surface area contributed by atoms with Crippen molar-refractivity contribution in [2.24, 2.45) is 0 Å². The van der Waals surface area contributed by atoms with Crippen LogP contribution in [0.2, 0.25) is 0 Å². The van der Waals surface area contributed by atoms with Gasteiger partial charge in [-0.3, -0.25) is 4.79 Å². The summed E-state index contributed by atoms with van der Waals surface area (Å²) in [5, 5.41) is 0. The predicted molar refractivity (Wildman–Crippen MR) is 85.8 cm³/mol. The predicted octanol–water partition coefficient (Wildman–Crippen LogP) is 3.88. The van der Waals surface area contributed by atoms with Crippen LogP contribution in [0.25, 0.3) is 0 Å². The van der Waals surface area contributed by atoms with Crippen LogP contribution in [0.15, 0.2) is 33.5 Å². The van der Waals surface area contributed by atoms with Crippen LogP contribution >= 0.6 is 15.9 Å². The van der Waals surface area contributed by atoms with E-state index in [1.165, 1.54) is 24.0 Å². The zero-order chi connectivity index (χ0) is 14.4. The first-order chi connectivity index (χ1) is 10.2. The van der Waals surface area contributed by atoms with Gasteiger partial charge >= 0.3 is 0 Å². The van der Waals surface area contributed by atoms with Gasteiger partial charge in [-0.1, -0.05) is 37.1 Å². The molecular weight excluding hydrogens is 328 g/mol. The maximum Gasteiger partial charge on any atom is 0.265 e. The third kappa shape index (κ3) is 2.16. The van der Waals surface area contributed by atoms with E-state index >= 15 is 0 Å². The second-order valence-corrected chi connectivity index (χ2v) is 6.88. The van der Waals surface area contributed by atoms with Gasteiger partial charge in [0.2, 0.25) is 0 Å². The summed E-state index contributed by atoms with van der Waals surface area (Å²) < 4.78 is 0.630. The molecule has 0 amide bonds. The van der Waals surface area contributed by atoms with Crippen molar-refractivity contribution in [2.75, 3.05) is 0 Å². The number of fused-ring (bicyclic) bond motifs is 1. The number of aromatic nitrogens is 2. The Morgan fingerprint density at radius 2 is 1.95 bits per heavy atom. The third-order valence-corrected chi connectivity index (χ3v) is 5.60. The molecule has 1 aromatic heterocycles. The molecule has 2 aliphatic carbocycles. The molecule has 3 nitrogen and oxygen atoms in total. The Morgan fingerprint density at radius 3 is 2.71 bits per heavy atom. The fourth-order valence-corrected chi connectivity index (χ4v) is 4.14. The van der Waals surface area contributed by atoms with Gasteiger partial charge in [0.15, 0.2) is 0 Å². The van der Waals surface area contributed by atoms with E-state index < -0.39 is 0 Å². The molecule has 2 aliphatic rings. The molecule has 1 aromatic carbocycles. The van der Waals surface area contributed by atoms with E-state index in [0.717, 1.165) is 30.8 Å². The van der Waals surface area contributed by atoms with Gasteiger partial charge in [-0.05, 0) is 46.3 Å². The van der Waals surface area contributed by atoms with Gasteiger partial charge in [0.25, 0.3) is 5.56 Å². The number of hydrogen-bond acceptors (Lipinski definition) is 2. The van der Waals surface area contributed by atoms with E-state index in [9.17, 15) is 4.79 Å². The molecule has 108 valence electrons. The number of benzene rings is 1. The topological polar surface area (TPSA) is 45.8 Å². The van der Waals surface area contributed by atoms with E-state index in [4.69, 9.17) is 4.98 Å². The first kappa shape index (κ1) is 13.3. The van der Waals surface area contributed by atoms with Crippen molar-refractivity contribution in [3.05, 3.63) is 61.7 Å². The monoisotopic (exact) mass is 344 g/mol. The molecule has 0 spiro atoms. The number of nitrogens with one attached hydrogen (secondary N) is 1. The summed E-state index contributed by atoms with van der Waals surface area (Å²) >= 11 is 3.44. The van der Waals surface area contributed by atoms with Crippen LogP contribution in [0, 0.1) is 0 Å². The van der Waals surface area contributed by atoms with Crippen LogP contribution in [-0.2, 0) is 6.42 Å². The van der Waals surface area contributed by atoms with Crippen molar-refractivity contribution in [3.63, 3.8) is 0 Å². The minimum atomic E-state index is -0.0359. The van der Waals surface area contributed by atoms with Crippen molar-refractivity contribution in [1.29, 1.82) is 0 Å². The molecule has 0 saturated heterocycles. The zero-order valence-corrected chi connectivity index (χ0v) is 13.3.